The van der Waals surface area contributed by atoms with Gasteiger partial charge in [-0.25, -0.2) is 15.0 Å². The quantitative estimate of drug-likeness (QED) is 0.575. The summed E-state index contributed by atoms with van der Waals surface area (Å²) in [6, 6.07) is 19.7. The molecule has 2 N–H and O–H groups in total. The number of nitrogens with two attached hydrogens (primary N) is 1. The highest BCUT2D eigenvalue weighted by molar-refractivity contribution is 7.99. The Kier molecular flexibility index (Phi) is 4.73. The van der Waals surface area contributed by atoms with Gasteiger partial charge in [0.05, 0.1) is 18.0 Å². The van der Waals surface area contributed by atoms with Crippen LogP contribution in [0.5, 0.6) is 0 Å². The Hall–Kier alpha value is -3.37. The Balaban J connectivity index is 1.59. The molecular formula is C20H16N6S. The molecule has 0 amide bonds. The molecule has 0 saturated heterocycles. The minimum atomic E-state index is 0.375. The molecule has 2 aliphatic rings. The van der Waals surface area contributed by atoms with E-state index in [0.29, 0.717) is 22.2 Å². The zero-order valence-electron chi connectivity index (χ0n) is 14.4. The summed E-state index contributed by atoms with van der Waals surface area (Å²) in [6.07, 6.45) is 2.59. The molecule has 7 heteroatoms. The number of hydrogen-bond donors (Lipinski definition) is 1. The van der Waals surface area contributed by atoms with Crippen LogP contribution in [0.2, 0.25) is 0 Å². The molecule has 0 fully saturated rings. The molecule has 0 unspecified atom stereocenters. The van der Waals surface area contributed by atoms with Crippen LogP contribution in [0.3, 0.4) is 0 Å². The third-order valence-corrected chi connectivity index (χ3v) is 5.02. The number of benzene rings is 2. The highest BCUT2D eigenvalue weighted by atomic mass is 32.2. The highest BCUT2D eigenvalue weighted by Gasteiger charge is 2.19. The summed E-state index contributed by atoms with van der Waals surface area (Å²) < 4.78 is 1.98. The minimum absolute atomic E-state index is 0.375. The van der Waals surface area contributed by atoms with Crippen molar-refractivity contribution in [1.82, 2.24) is 19.5 Å². The third-order valence-electron chi connectivity index (χ3n) is 4.15. The van der Waals surface area contributed by atoms with Crippen LogP contribution in [0, 0.1) is 11.3 Å². The lowest BCUT2D eigenvalue weighted by Crippen LogP contribution is -2.09. The average Bonchev–Trinajstić information content (AvgIpc) is 3.13. The largest absolute Gasteiger partial charge is 0.382 e. The molecule has 132 valence electrons. The number of anilines is 1. The first kappa shape index (κ1) is 17.1. The van der Waals surface area contributed by atoms with E-state index in [1.807, 2.05) is 34.9 Å². The van der Waals surface area contributed by atoms with Crippen LogP contribution in [0.4, 0.5) is 5.82 Å². The molecular weight excluding hydrogens is 356 g/mol. The van der Waals surface area contributed by atoms with E-state index in [2.05, 4.69) is 33.2 Å². The molecule has 4 rings (SSSR count). The van der Waals surface area contributed by atoms with Gasteiger partial charge in [-0.05, 0) is 48.0 Å². The number of aryl methyl sites for hydroxylation is 2. The van der Waals surface area contributed by atoms with Crippen molar-refractivity contribution in [3.8, 4) is 17.6 Å². The summed E-state index contributed by atoms with van der Waals surface area (Å²) in [6.45, 7) is 0.744. The molecule has 0 spiro atoms. The SMILES string of the molecule is N#Cc1ccc(Sc2nc3c(N)ncn(CCc4ccccc4)c-3n2)cc1. The van der Waals surface area contributed by atoms with Crippen molar-refractivity contribution >= 4 is 17.6 Å². The Morgan fingerprint density at radius 3 is 2.56 bits per heavy atom. The minimum Gasteiger partial charge on any atom is -0.382 e. The zero-order chi connectivity index (χ0) is 18.6. The van der Waals surface area contributed by atoms with Crippen molar-refractivity contribution in [3.63, 3.8) is 0 Å². The number of nitriles is 1. The van der Waals surface area contributed by atoms with Crippen molar-refractivity contribution in [2.75, 3.05) is 5.73 Å². The number of fused-ring (bicyclic) bond motifs is 1. The van der Waals surface area contributed by atoms with Crippen molar-refractivity contribution in [1.29, 1.82) is 5.26 Å². The first-order chi connectivity index (χ1) is 13.2. The fourth-order valence-corrected chi connectivity index (χ4v) is 3.49. The van der Waals surface area contributed by atoms with Gasteiger partial charge in [0.2, 0.25) is 0 Å². The zero-order valence-corrected chi connectivity index (χ0v) is 15.2. The summed E-state index contributed by atoms with van der Waals surface area (Å²) in [7, 11) is 0. The summed E-state index contributed by atoms with van der Waals surface area (Å²) in [4.78, 5) is 14.4. The maximum atomic E-state index is 8.90. The van der Waals surface area contributed by atoms with Gasteiger partial charge >= 0.3 is 0 Å². The lowest BCUT2D eigenvalue weighted by Gasteiger charge is -2.11. The second kappa shape index (κ2) is 7.48. The van der Waals surface area contributed by atoms with E-state index in [4.69, 9.17) is 11.0 Å². The normalized spacial score (nSPS) is 10.8. The van der Waals surface area contributed by atoms with E-state index in [1.54, 1.807) is 18.5 Å². The number of nitrogen functional groups attached to an aromatic ring is 1. The molecule has 0 atom stereocenters. The second-order valence-corrected chi connectivity index (χ2v) is 7.02. The topological polar surface area (TPSA) is 93.4 Å². The molecule has 0 aliphatic carbocycles. The lowest BCUT2D eigenvalue weighted by atomic mass is 10.1. The van der Waals surface area contributed by atoms with Gasteiger partial charge in [-0.15, -0.1) is 0 Å². The van der Waals surface area contributed by atoms with Crippen molar-refractivity contribution in [2.24, 2.45) is 0 Å². The standard InChI is InChI=1S/C20H16N6S/c21-12-15-6-8-16(9-7-15)27-20-24-17-18(22)23-13-26(19(17)25-20)11-10-14-4-2-1-3-5-14/h1-9,13H,10-11,22H2. The third kappa shape index (κ3) is 3.76. The molecule has 0 radical (unpaired) electrons. The van der Waals surface area contributed by atoms with Crippen molar-refractivity contribution in [2.45, 2.75) is 23.0 Å². The van der Waals surface area contributed by atoms with Crippen LogP contribution in [-0.4, -0.2) is 19.5 Å². The van der Waals surface area contributed by atoms with Gasteiger partial charge in [0.15, 0.2) is 22.5 Å². The monoisotopic (exact) mass is 372 g/mol. The second-order valence-electron chi connectivity index (χ2n) is 5.98. The Bertz CT molecular complexity index is 1070. The van der Waals surface area contributed by atoms with Gasteiger partial charge in [0.25, 0.3) is 0 Å². The molecule has 2 aromatic carbocycles. The number of rotatable bonds is 5. The van der Waals surface area contributed by atoms with Crippen LogP contribution < -0.4 is 5.73 Å². The van der Waals surface area contributed by atoms with E-state index in [9.17, 15) is 0 Å². The van der Waals surface area contributed by atoms with Crippen LogP contribution in [0.1, 0.15) is 11.1 Å². The highest BCUT2D eigenvalue weighted by Crippen LogP contribution is 2.31. The summed E-state index contributed by atoms with van der Waals surface area (Å²) in [5, 5.41) is 9.52. The first-order valence-corrected chi connectivity index (χ1v) is 9.25. The molecule has 27 heavy (non-hydrogen) atoms. The number of hydrogen-bond acceptors (Lipinski definition) is 6. The van der Waals surface area contributed by atoms with Gasteiger partial charge in [-0.1, -0.05) is 30.3 Å². The fraction of sp³-hybridized carbons (Fsp3) is 0.100. The molecule has 2 aliphatic heterocycles. The van der Waals surface area contributed by atoms with Crippen LogP contribution in [-0.2, 0) is 13.0 Å². The molecule has 2 aromatic rings. The average molecular weight is 372 g/mol. The van der Waals surface area contributed by atoms with Gasteiger partial charge < -0.3 is 10.3 Å². The predicted molar refractivity (Wildman–Crippen MR) is 104 cm³/mol. The maximum Gasteiger partial charge on any atom is 0.195 e. The Morgan fingerprint density at radius 2 is 1.81 bits per heavy atom. The van der Waals surface area contributed by atoms with Crippen LogP contribution in [0.25, 0.3) is 11.5 Å². The lowest BCUT2D eigenvalue weighted by molar-refractivity contribution is 0.674. The number of imidazole rings is 1. The van der Waals surface area contributed by atoms with E-state index < -0.39 is 0 Å². The van der Waals surface area contributed by atoms with Crippen LogP contribution in [0.15, 0.2) is 71.0 Å². The molecule has 0 bridgehead atoms. The Labute approximate surface area is 161 Å². The van der Waals surface area contributed by atoms with E-state index in [-0.39, 0.29) is 0 Å². The van der Waals surface area contributed by atoms with Crippen molar-refractivity contribution < 1.29 is 0 Å². The molecule has 0 saturated carbocycles. The van der Waals surface area contributed by atoms with Gasteiger partial charge in [-0.3, -0.25) is 0 Å². The van der Waals surface area contributed by atoms with Gasteiger partial charge in [-0.2, -0.15) is 5.26 Å². The summed E-state index contributed by atoms with van der Waals surface area (Å²) in [5.41, 5.74) is 8.49. The Morgan fingerprint density at radius 1 is 1.04 bits per heavy atom. The predicted octanol–water partition coefficient (Wildman–Crippen LogP) is 3.63. The number of nitrogens with zero attached hydrogens (tertiary/aromatic N) is 5. The number of aromatic nitrogens is 4. The van der Waals surface area contributed by atoms with Gasteiger partial charge in [0.1, 0.15) is 0 Å². The van der Waals surface area contributed by atoms with E-state index >= 15 is 0 Å². The first-order valence-electron chi connectivity index (χ1n) is 8.43. The van der Waals surface area contributed by atoms with Crippen molar-refractivity contribution in [3.05, 3.63) is 72.1 Å². The fourth-order valence-electron chi connectivity index (χ4n) is 2.74. The summed E-state index contributed by atoms with van der Waals surface area (Å²) in [5.74, 6) is 1.11. The van der Waals surface area contributed by atoms with Gasteiger partial charge in [0, 0.05) is 11.4 Å². The molecule has 2 heterocycles. The summed E-state index contributed by atoms with van der Waals surface area (Å²) >= 11 is 1.44. The van der Waals surface area contributed by atoms with Crippen LogP contribution >= 0.6 is 11.8 Å². The molecule has 0 aromatic heterocycles. The molecule has 6 nitrogen and oxygen atoms in total. The van der Waals surface area contributed by atoms with E-state index in [1.165, 1.54) is 17.3 Å². The maximum absolute atomic E-state index is 8.90. The smallest absolute Gasteiger partial charge is 0.195 e. The van der Waals surface area contributed by atoms with E-state index in [0.717, 1.165) is 23.7 Å².